The second kappa shape index (κ2) is 8.49. The minimum absolute atomic E-state index is 0.229. The Hall–Kier alpha value is -1.35. The van der Waals surface area contributed by atoms with Gasteiger partial charge in [0.15, 0.2) is 11.7 Å². The summed E-state index contributed by atoms with van der Waals surface area (Å²) in [7, 11) is 1.64. The standard InChI is InChI=1S/C14H22F3N5S/c1-18-13(19-5-4-8-22-6-2-3-7-22)20-9-12-21-11(10-23-12)14(15,16)17/h10H,2-9H2,1H3,(H2,18,19,20). The Kier molecular flexibility index (Phi) is 6.64. The van der Waals surface area contributed by atoms with Gasteiger partial charge in [0.2, 0.25) is 0 Å². The highest BCUT2D eigenvalue weighted by molar-refractivity contribution is 7.09. The summed E-state index contributed by atoms with van der Waals surface area (Å²) in [6.07, 6.45) is -0.810. The number of aromatic nitrogens is 1. The van der Waals surface area contributed by atoms with E-state index >= 15 is 0 Å². The van der Waals surface area contributed by atoms with Gasteiger partial charge in [0, 0.05) is 19.0 Å². The maximum absolute atomic E-state index is 12.5. The molecule has 0 saturated carbocycles. The number of halogens is 3. The highest BCUT2D eigenvalue weighted by atomic mass is 32.1. The third kappa shape index (κ3) is 5.98. The van der Waals surface area contributed by atoms with Crippen molar-refractivity contribution >= 4 is 17.3 Å². The summed E-state index contributed by atoms with van der Waals surface area (Å²) in [6, 6.07) is 0. The number of hydrogen-bond donors (Lipinski definition) is 2. The van der Waals surface area contributed by atoms with Gasteiger partial charge in [-0.3, -0.25) is 4.99 Å². The Morgan fingerprint density at radius 1 is 1.35 bits per heavy atom. The number of nitrogens with zero attached hydrogens (tertiary/aromatic N) is 3. The summed E-state index contributed by atoms with van der Waals surface area (Å²) in [5, 5.41) is 7.57. The number of likely N-dealkylation sites (tertiary alicyclic amines) is 1. The molecule has 0 aliphatic carbocycles. The molecule has 2 heterocycles. The monoisotopic (exact) mass is 349 g/mol. The van der Waals surface area contributed by atoms with E-state index in [1.807, 2.05) is 0 Å². The summed E-state index contributed by atoms with van der Waals surface area (Å²) < 4.78 is 37.5. The van der Waals surface area contributed by atoms with Crippen molar-refractivity contribution in [1.29, 1.82) is 0 Å². The highest BCUT2D eigenvalue weighted by Gasteiger charge is 2.33. The van der Waals surface area contributed by atoms with Crippen LogP contribution in [-0.4, -0.2) is 49.1 Å². The van der Waals surface area contributed by atoms with Crippen molar-refractivity contribution in [3.05, 3.63) is 16.1 Å². The first-order valence-corrected chi connectivity index (χ1v) is 8.55. The number of thiazole rings is 1. The molecule has 1 fully saturated rings. The summed E-state index contributed by atoms with van der Waals surface area (Å²) in [6.45, 7) is 4.43. The molecule has 0 spiro atoms. The first-order valence-electron chi connectivity index (χ1n) is 7.67. The van der Waals surface area contributed by atoms with Crippen molar-refractivity contribution in [2.45, 2.75) is 32.0 Å². The molecule has 23 heavy (non-hydrogen) atoms. The van der Waals surface area contributed by atoms with E-state index in [1.54, 1.807) is 7.05 Å². The van der Waals surface area contributed by atoms with Crippen molar-refractivity contribution in [3.63, 3.8) is 0 Å². The smallest absolute Gasteiger partial charge is 0.356 e. The van der Waals surface area contributed by atoms with Gasteiger partial charge in [-0.25, -0.2) is 4.98 Å². The number of guanidine groups is 1. The van der Waals surface area contributed by atoms with Crippen LogP contribution < -0.4 is 10.6 Å². The Balaban J connectivity index is 1.67. The predicted octanol–water partition coefficient (Wildman–Crippen LogP) is 2.31. The zero-order valence-electron chi connectivity index (χ0n) is 13.1. The maximum Gasteiger partial charge on any atom is 0.434 e. The topological polar surface area (TPSA) is 52.6 Å². The van der Waals surface area contributed by atoms with Gasteiger partial charge in [0.05, 0.1) is 6.54 Å². The van der Waals surface area contributed by atoms with E-state index in [1.165, 1.54) is 25.9 Å². The fourth-order valence-electron chi connectivity index (χ4n) is 2.42. The van der Waals surface area contributed by atoms with Gasteiger partial charge in [-0.15, -0.1) is 11.3 Å². The van der Waals surface area contributed by atoms with Crippen molar-refractivity contribution in [2.24, 2.45) is 4.99 Å². The fraction of sp³-hybridized carbons (Fsp3) is 0.714. The van der Waals surface area contributed by atoms with Crippen LogP contribution >= 0.6 is 11.3 Å². The lowest BCUT2D eigenvalue weighted by molar-refractivity contribution is -0.140. The van der Waals surface area contributed by atoms with Gasteiger partial charge in [-0.2, -0.15) is 13.2 Å². The quantitative estimate of drug-likeness (QED) is 0.470. The van der Waals surface area contributed by atoms with Gasteiger partial charge in [-0.05, 0) is 38.9 Å². The molecule has 0 atom stereocenters. The minimum atomic E-state index is -4.38. The van der Waals surface area contributed by atoms with Crippen molar-refractivity contribution < 1.29 is 13.2 Å². The van der Waals surface area contributed by atoms with Gasteiger partial charge in [0.1, 0.15) is 5.01 Å². The number of rotatable bonds is 6. The SMILES string of the molecule is CN=C(NCCCN1CCCC1)NCc1nc(C(F)(F)F)cs1. The predicted molar refractivity (Wildman–Crippen MR) is 85.6 cm³/mol. The molecule has 130 valence electrons. The molecule has 1 aromatic heterocycles. The lowest BCUT2D eigenvalue weighted by Crippen LogP contribution is -2.38. The summed E-state index contributed by atoms with van der Waals surface area (Å²) in [4.78, 5) is 10.1. The lowest BCUT2D eigenvalue weighted by Gasteiger charge is -2.15. The van der Waals surface area contributed by atoms with Crippen LogP contribution in [0.25, 0.3) is 0 Å². The van der Waals surface area contributed by atoms with Gasteiger partial charge < -0.3 is 15.5 Å². The summed E-state index contributed by atoms with van der Waals surface area (Å²) in [5.41, 5.74) is -0.840. The molecule has 2 rings (SSSR count). The number of aliphatic imine (C=N–C) groups is 1. The van der Waals surface area contributed by atoms with E-state index in [4.69, 9.17) is 0 Å². The van der Waals surface area contributed by atoms with Crippen LogP contribution in [0, 0.1) is 0 Å². The first-order chi connectivity index (χ1) is 11.0. The van der Waals surface area contributed by atoms with Crippen LogP contribution in [0.5, 0.6) is 0 Å². The fourth-order valence-corrected chi connectivity index (χ4v) is 3.16. The molecule has 2 N–H and O–H groups in total. The first kappa shape index (κ1) is 18.0. The molecule has 1 aliphatic heterocycles. The second-order valence-electron chi connectivity index (χ2n) is 5.38. The zero-order valence-corrected chi connectivity index (χ0v) is 13.9. The van der Waals surface area contributed by atoms with Crippen molar-refractivity contribution in [1.82, 2.24) is 20.5 Å². The van der Waals surface area contributed by atoms with E-state index in [-0.39, 0.29) is 6.54 Å². The number of hydrogen-bond acceptors (Lipinski definition) is 4. The van der Waals surface area contributed by atoms with Gasteiger partial charge in [0.25, 0.3) is 0 Å². The Labute approximate surface area is 138 Å². The number of nitrogens with one attached hydrogen (secondary N) is 2. The molecule has 0 unspecified atom stereocenters. The van der Waals surface area contributed by atoms with Crippen LogP contribution in [0.1, 0.15) is 30.0 Å². The van der Waals surface area contributed by atoms with E-state index in [0.29, 0.717) is 11.0 Å². The highest BCUT2D eigenvalue weighted by Crippen LogP contribution is 2.29. The Morgan fingerprint density at radius 2 is 2.09 bits per heavy atom. The second-order valence-corrected chi connectivity index (χ2v) is 6.32. The Bertz CT molecular complexity index is 509. The average molecular weight is 349 g/mol. The van der Waals surface area contributed by atoms with Gasteiger partial charge in [-0.1, -0.05) is 0 Å². The lowest BCUT2D eigenvalue weighted by atomic mass is 10.4. The number of alkyl halides is 3. The average Bonchev–Trinajstić information content (AvgIpc) is 3.17. The molecular formula is C14H22F3N5S. The van der Waals surface area contributed by atoms with E-state index in [9.17, 15) is 13.2 Å². The molecule has 5 nitrogen and oxygen atoms in total. The van der Waals surface area contributed by atoms with Crippen LogP contribution in [-0.2, 0) is 12.7 Å². The van der Waals surface area contributed by atoms with Crippen LogP contribution in [0.4, 0.5) is 13.2 Å². The molecule has 0 aromatic carbocycles. The third-order valence-electron chi connectivity index (χ3n) is 3.62. The summed E-state index contributed by atoms with van der Waals surface area (Å²) in [5.74, 6) is 0.579. The molecular weight excluding hydrogens is 327 g/mol. The minimum Gasteiger partial charge on any atom is -0.356 e. The molecule has 0 amide bonds. The molecule has 0 bridgehead atoms. The molecule has 0 radical (unpaired) electrons. The van der Waals surface area contributed by atoms with E-state index in [0.717, 1.165) is 36.2 Å². The zero-order chi connectivity index (χ0) is 16.7. The molecule has 1 aromatic rings. The maximum atomic E-state index is 12.5. The summed E-state index contributed by atoms with van der Waals surface area (Å²) >= 11 is 0.991. The van der Waals surface area contributed by atoms with Crippen LogP contribution in [0.2, 0.25) is 0 Å². The largest absolute Gasteiger partial charge is 0.434 e. The van der Waals surface area contributed by atoms with Crippen LogP contribution in [0.3, 0.4) is 0 Å². The van der Waals surface area contributed by atoms with Crippen molar-refractivity contribution in [3.8, 4) is 0 Å². The van der Waals surface area contributed by atoms with Gasteiger partial charge >= 0.3 is 6.18 Å². The Morgan fingerprint density at radius 3 is 2.70 bits per heavy atom. The molecule has 9 heteroatoms. The van der Waals surface area contributed by atoms with Crippen LogP contribution in [0.15, 0.2) is 10.4 Å². The molecule has 1 aliphatic rings. The van der Waals surface area contributed by atoms with E-state index < -0.39 is 11.9 Å². The third-order valence-corrected chi connectivity index (χ3v) is 4.46. The normalized spacial score (nSPS) is 16.8. The van der Waals surface area contributed by atoms with Crippen molar-refractivity contribution in [2.75, 3.05) is 33.2 Å². The van der Waals surface area contributed by atoms with E-state index in [2.05, 4.69) is 25.5 Å². The molecule has 1 saturated heterocycles.